The molecule has 7 heteroatoms. The maximum absolute atomic E-state index is 11.7. The number of amides is 1. The van der Waals surface area contributed by atoms with Gasteiger partial charge in [0.05, 0.1) is 6.61 Å². The fourth-order valence-corrected chi connectivity index (χ4v) is 1.48. The second kappa shape index (κ2) is 8.26. The molecule has 1 saturated heterocycles. The molecule has 2 N–H and O–H groups in total. The lowest BCUT2D eigenvalue weighted by atomic mass is 10.3. The van der Waals surface area contributed by atoms with Gasteiger partial charge < -0.3 is 15.4 Å². The number of aryl methyl sites for hydroxylation is 1. The minimum Gasteiger partial charge on any atom is -0.366 e. The molecule has 1 aliphatic rings. The quantitative estimate of drug-likeness (QED) is 0.859. The van der Waals surface area contributed by atoms with E-state index in [9.17, 15) is 4.79 Å². The Morgan fingerprint density at radius 3 is 2.83 bits per heavy atom. The van der Waals surface area contributed by atoms with Gasteiger partial charge in [-0.05, 0) is 18.6 Å². The van der Waals surface area contributed by atoms with Crippen LogP contribution in [0.15, 0.2) is 18.3 Å². The van der Waals surface area contributed by atoms with E-state index in [-0.39, 0.29) is 30.7 Å². The molecule has 1 amide bonds. The first kappa shape index (κ1) is 17.1. The molecule has 5 nitrogen and oxygen atoms in total. The Bertz CT molecular complexity index is 367. The zero-order valence-electron chi connectivity index (χ0n) is 10.0. The van der Waals surface area contributed by atoms with Crippen LogP contribution in [0.5, 0.6) is 0 Å². The van der Waals surface area contributed by atoms with Gasteiger partial charge in [-0.25, -0.2) is 4.98 Å². The average molecular weight is 294 g/mol. The van der Waals surface area contributed by atoms with Gasteiger partial charge in [0.2, 0.25) is 0 Å². The minimum absolute atomic E-state index is 0. The standard InChI is InChI=1S/C11H15N3O2.2ClH/c1-8-2-3-10(13-6-8)14-11(15)9-7-12-4-5-16-9;;/h2-3,6,9,12H,4-5,7H2,1H3,(H,13,14,15);2*1H. The van der Waals surface area contributed by atoms with Crippen LogP contribution >= 0.6 is 24.8 Å². The van der Waals surface area contributed by atoms with Crippen molar-refractivity contribution in [2.45, 2.75) is 13.0 Å². The number of ether oxygens (including phenoxy) is 1. The van der Waals surface area contributed by atoms with Crippen LogP contribution in [0.1, 0.15) is 5.56 Å². The molecular formula is C11H17Cl2N3O2. The van der Waals surface area contributed by atoms with Crippen molar-refractivity contribution in [3.63, 3.8) is 0 Å². The van der Waals surface area contributed by atoms with E-state index in [1.54, 1.807) is 12.3 Å². The van der Waals surface area contributed by atoms with E-state index in [4.69, 9.17) is 4.74 Å². The Kier molecular flexibility index (Phi) is 7.86. The number of hydrogen-bond acceptors (Lipinski definition) is 4. The molecule has 1 aromatic rings. The van der Waals surface area contributed by atoms with Gasteiger partial charge in [0.15, 0.2) is 0 Å². The molecule has 0 aromatic carbocycles. The maximum Gasteiger partial charge on any atom is 0.255 e. The average Bonchev–Trinajstić information content (AvgIpc) is 2.33. The fourth-order valence-electron chi connectivity index (χ4n) is 1.48. The first-order valence-corrected chi connectivity index (χ1v) is 5.31. The van der Waals surface area contributed by atoms with Crippen LogP contribution in [-0.4, -0.2) is 36.7 Å². The smallest absolute Gasteiger partial charge is 0.255 e. The SMILES string of the molecule is Cc1ccc(NC(=O)C2CNCCO2)nc1.Cl.Cl. The number of pyridine rings is 1. The number of morpholine rings is 1. The lowest BCUT2D eigenvalue weighted by Crippen LogP contribution is -2.45. The molecule has 2 heterocycles. The minimum atomic E-state index is -0.420. The topological polar surface area (TPSA) is 63.2 Å². The van der Waals surface area contributed by atoms with Crippen LogP contribution in [-0.2, 0) is 9.53 Å². The largest absolute Gasteiger partial charge is 0.366 e. The van der Waals surface area contributed by atoms with E-state index in [2.05, 4.69) is 15.6 Å². The summed E-state index contributed by atoms with van der Waals surface area (Å²) in [4.78, 5) is 15.8. The van der Waals surface area contributed by atoms with Gasteiger partial charge in [-0.1, -0.05) is 6.07 Å². The summed E-state index contributed by atoms with van der Waals surface area (Å²) in [5.41, 5.74) is 1.06. The van der Waals surface area contributed by atoms with Crippen molar-refractivity contribution in [1.29, 1.82) is 0 Å². The lowest BCUT2D eigenvalue weighted by Gasteiger charge is -2.22. The molecule has 0 bridgehead atoms. The molecule has 1 aliphatic heterocycles. The van der Waals surface area contributed by atoms with Crippen LogP contribution < -0.4 is 10.6 Å². The Morgan fingerprint density at radius 1 is 1.50 bits per heavy atom. The second-order valence-electron chi connectivity index (χ2n) is 3.77. The summed E-state index contributed by atoms with van der Waals surface area (Å²) < 4.78 is 5.33. The summed E-state index contributed by atoms with van der Waals surface area (Å²) in [5.74, 6) is 0.410. The predicted molar refractivity (Wildman–Crippen MR) is 74.7 cm³/mol. The highest BCUT2D eigenvalue weighted by molar-refractivity contribution is 5.93. The summed E-state index contributed by atoms with van der Waals surface area (Å²) in [7, 11) is 0. The molecule has 102 valence electrons. The molecule has 0 spiro atoms. The fraction of sp³-hybridized carbons (Fsp3) is 0.455. The highest BCUT2D eigenvalue weighted by Gasteiger charge is 2.21. The normalized spacial score (nSPS) is 18.2. The summed E-state index contributed by atoms with van der Waals surface area (Å²) in [5, 5.41) is 5.83. The Hall–Kier alpha value is -0.880. The van der Waals surface area contributed by atoms with Gasteiger partial charge in [0, 0.05) is 19.3 Å². The van der Waals surface area contributed by atoms with Gasteiger partial charge in [-0.3, -0.25) is 4.79 Å². The number of hydrogen-bond donors (Lipinski definition) is 2. The highest BCUT2D eigenvalue weighted by Crippen LogP contribution is 2.06. The van der Waals surface area contributed by atoms with Crippen molar-refractivity contribution in [2.24, 2.45) is 0 Å². The van der Waals surface area contributed by atoms with Crippen molar-refractivity contribution in [3.05, 3.63) is 23.9 Å². The number of nitrogens with one attached hydrogen (secondary N) is 2. The van der Waals surface area contributed by atoms with Crippen LogP contribution in [0.4, 0.5) is 5.82 Å². The lowest BCUT2D eigenvalue weighted by molar-refractivity contribution is -0.128. The van der Waals surface area contributed by atoms with E-state index in [1.807, 2.05) is 13.0 Å². The molecule has 1 unspecified atom stereocenters. The Balaban J connectivity index is 0.00000144. The van der Waals surface area contributed by atoms with Crippen LogP contribution in [0, 0.1) is 6.92 Å². The molecule has 1 fully saturated rings. The van der Waals surface area contributed by atoms with Crippen LogP contribution in [0.2, 0.25) is 0 Å². The molecule has 1 aromatic heterocycles. The summed E-state index contributed by atoms with van der Waals surface area (Å²) in [6.45, 7) is 3.87. The molecule has 1 atom stereocenters. The number of rotatable bonds is 2. The van der Waals surface area contributed by atoms with Gasteiger partial charge in [0.1, 0.15) is 11.9 Å². The number of halogens is 2. The van der Waals surface area contributed by atoms with Gasteiger partial charge in [0.25, 0.3) is 5.91 Å². The van der Waals surface area contributed by atoms with Crippen LogP contribution in [0.25, 0.3) is 0 Å². The predicted octanol–water partition coefficient (Wildman–Crippen LogP) is 1.16. The zero-order chi connectivity index (χ0) is 11.4. The molecule has 0 saturated carbocycles. The van der Waals surface area contributed by atoms with Gasteiger partial charge in [-0.2, -0.15) is 0 Å². The first-order valence-electron chi connectivity index (χ1n) is 5.31. The third kappa shape index (κ3) is 4.78. The Morgan fingerprint density at radius 2 is 2.28 bits per heavy atom. The molecule has 18 heavy (non-hydrogen) atoms. The van der Waals surface area contributed by atoms with Crippen molar-refractivity contribution in [3.8, 4) is 0 Å². The van der Waals surface area contributed by atoms with Crippen molar-refractivity contribution in [1.82, 2.24) is 10.3 Å². The molecule has 0 aliphatic carbocycles. The number of carbonyl (C=O) groups excluding carboxylic acids is 1. The Labute approximate surface area is 119 Å². The third-order valence-corrected chi connectivity index (χ3v) is 2.38. The van der Waals surface area contributed by atoms with Crippen molar-refractivity contribution in [2.75, 3.05) is 25.0 Å². The highest BCUT2D eigenvalue weighted by atomic mass is 35.5. The maximum atomic E-state index is 11.7. The van der Waals surface area contributed by atoms with Crippen LogP contribution in [0.3, 0.4) is 0 Å². The third-order valence-electron chi connectivity index (χ3n) is 2.38. The molecular weight excluding hydrogens is 277 g/mol. The summed E-state index contributed by atoms with van der Waals surface area (Å²) >= 11 is 0. The van der Waals surface area contributed by atoms with E-state index in [0.29, 0.717) is 19.0 Å². The molecule has 2 rings (SSSR count). The monoisotopic (exact) mass is 293 g/mol. The van der Waals surface area contributed by atoms with Gasteiger partial charge >= 0.3 is 0 Å². The number of anilines is 1. The van der Waals surface area contributed by atoms with Gasteiger partial charge in [-0.15, -0.1) is 24.8 Å². The number of aromatic nitrogens is 1. The number of carbonyl (C=O) groups is 1. The van der Waals surface area contributed by atoms with E-state index in [1.165, 1.54) is 0 Å². The second-order valence-corrected chi connectivity index (χ2v) is 3.77. The van der Waals surface area contributed by atoms with Crippen molar-refractivity contribution >= 4 is 36.5 Å². The summed E-state index contributed by atoms with van der Waals surface area (Å²) in [6.07, 6.45) is 1.30. The van der Waals surface area contributed by atoms with E-state index >= 15 is 0 Å². The zero-order valence-corrected chi connectivity index (χ0v) is 11.6. The number of nitrogens with zero attached hydrogens (tertiary/aromatic N) is 1. The van der Waals surface area contributed by atoms with E-state index in [0.717, 1.165) is 12.1 Å². The van der Waals surface area contributed by atoms with Crippen molar-refractivity contribution < 1.29 is 9.53 Å². The first-order chi connectivity index (χ1) is 7.75. The summed E-state index contributed by atoms with van der Waals surface area (Å²) in [6, 6.07) is 3.69. The van der Waals surface area contributed by atoms with E-state index < -0.39 is 6.10 Å². The molecule has 0 radical (unpaired) electrons.